The van der Waals surface area contributed by atoms with Gasteiger partial charge in [0.15, 0.2) is 0 Å². The number of benzene rings is 7. The first-order valence-corrected chi connectivity index (χ1v) is 21.2. The van der Waals surface area contributed by atoms with Gasteiger partial charge in [-0.25, -0.2) is 4.98 Å². The van der Waals surface area contributed by atoms with Gasteiger partial charge in [0.1, 0.15) is 11.6 Å². The van der Waals surface area contributed by atoms with Crippen molar-refractivity contribution in [3.05, 3.63) is 187 Å². The van der Waals surface area contributed by atoms with E-state index in [0.717, 1.165) is 77.8 Å². The maximum atomic E-state index is 11.7. The van der Waals surface area contributed by atoms with Crippen LogP contribution in [0.2, 0.25) is 0 Å². The number of aromatic nitrogens is 4. The van der Waals surface area contributed by atoms with Crippen molar-refractivity contribution in [3.8, 4) is 67.5 Å². The Morgan fingerprint density at radius 1 is 0.492 bits per heavy atom. The molecule has 63 heavy (non-hydrogen) atoms. The summed E-state index contributed by atoms with van der Waals surface area (Å²) in [7, 11) is 0. The van der Waals surface area contributed by atoms with Crippen LogP contribution in [0.15, 0.2) is 170 Å². The minimum atomic E-state index is -0.148. The summed E-state index contributed by atoms with van der Waals surface area (Å²) in [6.45, 7) is 13.3. The first-order valence-electron chi connectivity index (χ1n) is 21.2. The number of hydrogen-bond acceptors (Lipinski definition) is 4. The molecule has 1 N–H and O–H groups in total. The van der Waals surface area contributed by atoms with Gasteiger partial charge in [-0.2, -0.15) is 0 Å². The molecule has 3 heterocycles. The van der Waals surface area contributed by atoms with Crippen molar-refractivity contribution in [2.45, 2.75) is 52.4 Å². The third kappa shape index (κ3) is 7.87. The van der Waals surface area contributed by atoms with E-state index in [9.17, 15) is 5.11 Å². The van der Waals surface area contributed by atoms with Crippen molar-refractivity contribution in [2.24, 2.45) is 0 Å². The maximum Gasteiger partial charge on any atom is 0.148 e. The Kier molecular flexibility index (Phi) is 10.7. The van der Waals surface area contributed by atoms with Crippen LogP contribution < -0.4 is 0 Å². The Morgan fingerprint density at radius 2 is 1.14 bits per heavy atom. The van der Waals surface area contributed by atoms with Gasteiger partial charge in [0, 0.05) is 44.7 Å². The number of fused-ring (bicyclic) bond motifs is 3. The van der Waals surface area contributed by atoms with Gasteiger partial charge in [-0.15, -0.1) is 35.4 Å². The molecule has 0 aliphatic carbocycles. The van der Waals surface area contributed by atoms with Crippen LogP contribution in [0.4, 0.5) is 0 Å². The third-order valence-electron chi connectivity index (χ3n) is 12.0. The fourth-order valence-electron chi connectivity index (χ4n) is 8.51. The van der Waals surface area contributed by atoms with Gasteiger partial charge in [0.05, 0.1) is 22.3 Å². The number of pyridine rings is 2. The fourth-order valence-corrected chi connectivity index (χ4v) is 8.51. The summed E-state index contributed by atoms with van der Waals surface area (Å²) < 4.78 is 2.22. The van der Waals surface area contributed by atoms with Gasteiger partial charge in [-0.1, -0.05) is 132 Å². The minimum Gasteiger partial charge on any atom is -0.507 e. The number of phenols is 1. The monoisotopic (exact) mass is 998 g/mol. The number of nitrogens with zero attached hydrogens (tertiary/aromatic N) is 4. The van der Waals surface area contributed by atoms with E-state index in [1.807, 2.05) is 42.7 Å². The molecule has 10 aromatic rings. The average Bonchev–Trinajstić information content (AvgIpc) is 3.67. The minimum absolute atomic E-state index is 0. The molecule has 0 aliphatic rings. The molecule has 0 saturated carbocycles. The zero-order valence-electron chi connectivity index (χ0n) is 36.2. The molecule has 0 radical (unpaired) electrons. The van der Waals surface area contributed by atoms with E-state index >= 15 is 0 Å². The zero-order valence-corrected chi connectivity index (χ0v) is 38.5. The van der Waals surface area contributed by atoms with Crippen LogP contribution in [0.25, 0.3) is 94.4 Å². The van der Waals surface area contributed by atoms with Crippen LogP contribution in [0, 0.1) is 6.07 Å². The quantitative estimate of drug-likeness (QED) is 0.169. The fraction of sp³-hybridized carbons (Fsp3) is 0.140. The predicted molar refractivity (Wildman–Crippen MR) is 257 cm³/mol. The van der Waals surface area contributed by atoms with Gasteiger partial charge >= 0.3 is 0 Å². The van der Waals surface area contributed by atoms with Crippen molar-refractivity contribution in [2.75, 3.05) is 0 Å². The van der Waals surface area contributed by atoms with Crippen LogP contribution >= 0.6 is 0 Å². The molecule has 5 nitrogen and oxygen atoms in total. The number of phenolic OH excluding ortho intramolecular Hbond substituents is 1. The van der Waals surface area contributed by atoms with E-state index in [0.29, 0.717) is 11.4 Å². The Balaban J connectivity index is 0.00000504. The molecule has 312 valence electrons. The van der Waals surface area contributed by atoms with E-state index in [2.05, 4.69) is 174 Å². The van der Waals surface area contributed by atoms with Gasteiger partial charge < -0.3 is 5.11 Å². The zero-order chi connectivity index (χ0) is 42.8. The summed E-state index contributed by atoms with van der Waals surface area (Å²) in [4.78, 5) is 15.1. The maximum absolute atomic E-state index is 11.7. The number of aromatic hydroxyl groups is 1. The molecule has 6 heteroatoms. The van der Waals surface area contributed by atoms with Crippen molar-refractivity contribution < 1.29 is 26.2 Å². The van der Waals surface area contributed by atoms with E-state index in [1.54, 1.807) is 6.07 Å². The number of hydrogen-bond donors (Lipinski definition) is 1. The SMILES string of the molecule is CC(C)(C)c1ccc(-n2c(-c3cc(C(C)(C)C)ccc3O)nc3c(-c4[c-]c(-c5cc(-c6ccccn6)cc6cccnc56)ccc4)cc(-c4ccc5ccccc5c4)cc32)cc1.[Pt]. The van der Waals surface area contributed by atoms with Crippen molar-refractivity contribution in [1.82, 2.24) is 19.5 Å². The second-order valence-electron chi connectivity index (χ2n) is 18.3. The van der Waals surface area contributed by atoms with Gasteiger partial charge in [0.2, 0.25) is 0 Å². The summed E-state index contributed by atoms with van der Waals surface area (Å²) in [5.74, 6) is 0.844. The molecular formula is C57H47N4OPt-. The Labute approximate surface area is 383 Å². The summed E-state index contributed by atoms with van der Waals surface area (Å²) in [5.41, 5.74) is 14.2. The van der Waals surface area contributed by atoms with Crippen LogP contribution in [-0.4, -0.2) is 24.6 Å². The first kappa shape index (κ1) is 41.7. The molecule has 3 aromatic heterocycles. The van der Waals surface area contributed by atoms with Crippen LogP contribution in [0.3, 0.4) is 0 Å². The number of rotatable bonds is 6. The molecule has 0 saturated heterocycles. The largest absolute Gasteiger partial charge is 0.507 e. The first-order chi connectivity index (χ1) is 29.9. The molecule has 10 rings (SSSR count). The van der Waals surface area contributed by atoms with Crippen LogP contribution in [0.1, 0.15) is 52.7 Å². The number of imidazole rings is 1. The second kappa shape index (κ2) is 16.2. The molecular weight excluding hydrogens is 952 g/mol. The van der Waals surface area contributed by atoms with Gasteiger partial charge in [0.25, 0.3) is 0 Å². The van der Waals surface area contributed by atoms with E-state index in [-0.39, 0.29) is 37.6 Å². The molecule has 0 atom stereocenters. The normalized spacial score (nSPS) is 11.9. The second-order valence-corrected chi connectivity index (χ2v) is 18.3. The molecule has 0 spiro atoms. The van der Waals surface area contributed by atoms with Crippen molar-refractivity contribution in [3.63, 3.8) is 0 Å². The Morgan fingerprint density at radius 3 is 1.87 bits per heavy atom. The summed E-state index contributed by atoms with van der Waals surface area (Å²) in [6, 6.07) is 58.9. The molecule has 0 unspecified atom stereocenters. The van der Waals surface area contributed by atoms with Crippen molar-refractivity contribution >= 4 is 32.7 Å². The topological polar surface area (TPSA) is 63.8 Å². The molecule has 0 aliphatic heterocycles. The predicted octanol–water partition coefficient (Wildman–Crippen LogP) is 14.6. The standard InChI is InChI=1S/C57H47N4O.Pt/c1-56(2,3)44-21-24-46(25-22-44)61-51-34-42(38-20-19-36-13-7-8-14-37(36)29-38)32-48(54(51)60-55(61)49-35-45(57(4,5)6)23-26-52(49)62)40-16-11-15-39(30-40)47-33-43(50-18-9-10-27-58-50)31-41-17-12-28-59-53(41)47;/h7-29,31-35,62H,1-6H3;/q-1;. The van der Waals surface area contributed by atoms with Crippen LogP contribution in [-0.2, 0) is 31.9 Å². The van der Waals surface area contributed by atoms with Crippen molar-refractivity contribution in [1.29, 1.82) is 0 Å². The van der Waals surface area contributed by atoms with E-state index in [1.165, 1.54) is 16.3 Å². The van der Waals surface area contributed by atoms with E-state index < -0.39 is 0 Å². The summed E-state index contributed by atoms with van der Waals surface area (Å²) in [5, 5.41) is 15.1. The van der Waals surface area contributed by atoms with Gasteiger partial charge in [-0.3, -0.25) is 14.5 Å². The van der Waals surface area contributed by atoms with Crippen LogP contribution in [0.5, 0.6) is 5.75 Å². The summed E-state index contributed by atoms with van der Waals surface area (Å²) >= 11 is 0. The third-order valence-corrected chi connectivity index (χ3v) is 12.0. The molecule has 0 bridgehead atoms. The smallest absolute Gasteiger partial charge is 0.148 e. The molecule has 0 fully saturated rings. The average molecular weight is 999 g/mol. The van der Waals surface area contributed by atoms with Gasteiger partial charge in [-0.05, 0) is 115 Å². The Hall–Kier alpha value is -6.68. The molecule has 0 amide bonds. The van der Waals surface area contributed by atoms with E-state index in [4.69, 9.17) is 15.0 Å². The Bertz CT molecular complexity index is 3320. The molecule has 7 aromatic carbocycles. The summed E-state index contributed by atoms with van der Waals surface area (Å²) in [6.07, 6.45) is 3.67.